The van der Waals surface area contributed by atoms with Crippen molar-refractivity contribution in [1.29, 1.82) is 0 Å². The largest absolute Gasteiger partial charge is 0.370 e. The van der Waals surface area contributed by atoms with Gasteiger partial charge in [0.2, 0.25) is 0 Å². The first-order valence-corrected chi connectivity index (χ1v) is 5.71. The molecule has 0 saturated carbocycles. The van der Waals surface area contributed by atoms with Gasteiger partial charge in [0.15, 0.2) is 6.29 Å². The minimum Gasteiger partial charge on any atom is -0.370 e. The zero-order chi connectivity index (χ0) is 13.0. The van der Waals surface area contributed by atoms with Gasteiger partial charge in [-0.1, -0.05) is 36.4 Å². The first kappa shape index (κ1) is 12.3. The topological polar surface area (TPSA) is 20.3 Å². The van der Waals surface area contributed by atoms with E-state index in [0.717, 1.165) is 5.56 Å². The summed E-state index contributed by atoms with van der Waals surface area (Å²) in [4.78, 5) is 12.8. The molecule has 2 aromatic carbocycles. The number of halogens is 1. The standard InChI is InChI=1S/C15H14FNO/c1-17(10-12-6-3-2-4-7-12)15-9-5-8-14(16)13(15)11-18/h2-9,11H,10H2,1H3. The van der Waals surface area contributed by atoms with Crippen LogP contribution in [0.3, 0.4) is 0 Å². The van der Waals surface area contributed by atoms with Crippen LogP contribution >= 0.6 is 0 Å². The van der Waals surface area contributed by atoms with Crippen LogP contribution in [-0.4, -0.2) is 13.3 Å². The number of benzene rings is 2. The van der Waals surface area contributed by atoms with E-state index < -0.39 is 5.82 Å². The molecule has 2 aromatic rings. The third-order valence-corrected chi connectivity index (χ3v) is 2.82. The molecule has 0 unspecified atom stereocenters. The Morgan fingerprint density at radius 1 is 1.11 bits per heavy atom. The lowest BCUT2D eigenvalue weighted by molar-refractivity contribution is 0.112. The van der Waals surface area contributed by atoms with Gasteiger partial charge in [-0.25, -0.2) is 4.39 Å². The zero-order valence-electron chi connectivity index (χ0n) is 10.1. The molecule has 92 valence electrons. The number of aldehydes is 1. The van der Waals surface area contributed by atoms with E-state index >= 15 is 0 Å². The summed E-state index contributed by atoms with van der Waals surface area (Å²) in [6.07, 6.45) is 0.562. The molecule has 0 heterocycles. The second kappa shape index (κ2) is 5.45. The second-order valence-corrected chi connectivity index (χ2v) is 4.13. The Hall–Kier alpha value is -2.16. The van der Waals surface area contributed by atoms with Crippen LogP contribution in [0.4, 0.5) is 10.1 Å². The summed E-state index contributed by atoms with van der Waals surface area (Å²) in [5, 5.41) is 0. The summed E-state index contributed by atoms with van der Waals surface area (Å²) in [5.41, 5.74) is 1.82. The Kier molecular flexibility index (Phi) is 3.72. The van der Waals surface area contributed by atoms with Gasteiger partial charge in [0, 0.05) is 13.6 Å². The van der Waals surface area contributed by atoms with Crippen LogP contribution in [0.15, 0.2) is 48.5 Å². The normalized spacial score (nSPS) is 10.1. The van der Waals surface area contributed by atoms with Crippen molar-refractivity contribution in [2.24, 2.45) is 0 Å². The highest BCUT2D eigenvalue weighted by atomic mass is 19.1. The Morgan fingerprint density at radius 3 is 2.50 bits per heavy atom. The molecule has 0 aromatic heterocycles. The molecule has 0 aliphatic rings. The molecule has 0 fully saturated rings. The predicted octanol–water partition coefficient (Wildman–Crippen LogP) is 3.27. The van der Waals surface area contributed by atoms with Gasteiger partial charge in [-0.2, -0.15) is 0 Å². The molecule has 0 atom stereocenters. The van der Waals surface area contributed by atoms with Crippen molar-refractivity contribution in [3.8, 4) is 0 Å². The lowest BCUT2D eigenvalue weighted by Crippen LogP contribution is -2.18. The molecule has 0 aliphatic heterocycles. The number of nitrogens with zero attached hydrogens (tertiary/aromatic N) is 1. The van der Waals surface area contributed by atoms with Crippen LogP contribution < -0.4 is 4.90 Å². The minimum atomic E-state index is -0.484. The van der Waals surface area contributed by atoms with E-state index in [9.17, 15) is 9.18 Å². The smallest absolute Gasteiger partial charge is 0.155 e. The van der Waals surface area contributed by atoms with Crippen molar-refractivity contribution in [3.63, 3.8) is 0 Å². The second-order valence-electron chi connectivity index (χ2n) is 4.13. The minimum absolute atomic E-state index is 0.107. The molecule has 0 spiro atoms. The van der Waals surface area contributed by atoms with Gasteiger partial charge in [-0.3, -0.25) is 4.79 Å². The first-order valence-electron chi connectivity index (χ1n) is 5.71. The molecule has 2 rings (SSSR count). The number of hydrogen-bond donors (Lipinski definition) is 0. The fourth-order valence-corrected chi connectivity index (χ4v) is 1.92. The summed E-state index contributed by atoms with van der Waals surface area (Å²) in [6, 6.07) is 14.5. The molecular weight excluding hydrogens is 229 g/mol. The average molecular weight is 243 g/mol. The van der Waals surface area contributed by atoms with E-state index in [1.165, 1.54) is 6.07 Å². The molecule has 0 radical (unpaired) electrons. The van der Waals surface area contributed by atoms with E-state index in [4.69, 9.17) is 0 Å². The van der Waals surface area contributed by atoms with Gasteiger partial charge in [-0.15, -0.1) is 0 Å². The highest BCUT2D eigenvalue weighted by Crippen LogP contribution is 2.22. The molecule has 18 heavy (non-hydrogen) atoms. The van der Waals surface area contributed by atoms with Crippen LogP contribution in [0.1, 0.15) is 15.9 Å². The number of anilines is 1. The summed E-state index contributed by atoms with van der Waals surface area (Å²) in [6.45, 7) is 0.630. The Balaban J connectivity index is 2.26. The number of hydrogen-bond acceptors (Lipinski definition) is 2. The number of carbonyl (C=O) groups excluding carboxylic acids is 1. The van der Waals surface area contributed by atoms with E-state index in [1.807, 2.05) is 42.3 Å². The summed E-state index contributed by atoms with van der Waals surface area (Å²) >= 11 is 0. The molecule has 0 aliphatic carbocycles. The average Bonchev–Trinajstić information content (AvgIpc) is 2.39. The SMILES string of the molecule is CN(Cc1ccccc1)c1cccc(F)c1C=O. The van der Waals surface area contributed by atoms with Crippen LogP contribution in [0, 0.1) is 5.82 Å². The van der Waals surface area contributed by atoms with Crippen LogP contribution in [0.25, 0.3) is 0 Å². The van der Waals surface area contributed by atoms with Crippen LogP contribution in [0.5, 0.6) is 0 Å². The highest BCUT2D eigenvalue weighted by Gasteiger charge is 2.11. The summed E-state index contributed by atoms with van der Waals surface area (Å²) in [7, 11) is 1.84. The lowest BCUT2D eigenvalue weighted by atomic mass is 10.1. The van der Waals surface area contributed by atoms with E-state index in [-0.39, 0.29) is 5.56 Å². The monoisotopic (exact) mass is 243 g/mol. The molecule has 0 bridgehead atoms. The van der Waals surface area contributed by atoms with Gasteiger partial charge in [-0.05, 0) is 17.7 Å². The maximum Gasteiger partial charge on any atom is 0.155 e. The Morgan fingerprint density at radius 2 is 1.83 bits per heavy atom. The van der Waals surface area contributed by atoms with Crippen molar-refractivity contribution in [3.05, 3.63) is 65.5 Å². The fourth-order valence-electron chi connectivity index (χ4n) is 1.92. The van der Waals surface area contributed by atoms with Gasteiger partial charge >= 0.3 is 0 Å². The summed E-state index contributed by atoms with van der Waals surface area (Å²) < 4.78 is 13.5. The highest BCUT2D eigenvalue weighted by molar-refractivity contribution is 5.84. The third-order valence-electron chi connectivity index (χ3n) is 2.82. The van der Waals surface area contributed by atoms with Crippen LogP contribution in [-0.2, 0) is 6.54 Å². The van der Waals surface area contributed by atoms with Gasteiger partial charge < -0.3 is 4.90 Å². The quantitative estimate of drug-likeness (QED) is 0.768. The molecule has 2 nitrogen and oxygen atoms in total. The Bertz CT molecular complexity index is 539. The van der Waals surface area contributed by atoms with Crippen molar-refractivity contribution < 1.29 is 9.18 Å². The van der Waals surface area contributed by atoms with Crippen molar-refractivity contribution >= 4 is 12.0 Å². The van der Waals surface area contributed by atoms with Crippen LogP contribution in [0.2, 0.25) is 0 Å². The van der Waals surface area contributed by atoms with E-state index in [2.05, 4.69) is 0 Å². The van der Waals surface area contributed by atoms with Crippen molar-refractivity contribution in [2.75, 3.05) is 11.9 Å². The zero-order valence-corrected chi connectivity index (χ0v) is 10.1. The molecule has 0 N–H and O–H groups in total. The predicted molar refractivity (Wildman–Crippen MR) is 70.3 cm³/mol. The number of carbonyl (C=O) groups is 1. The molecule has 0 saturated heterocycles. The van der Waals surface area contributed by atoms with E-state index in [1.54, 1.807) is 12.1 Å². The maximum absolute atomic E-state index is 13.5. The van der Waals surface area contributed by atoms with Crippen molar-refractivity contribution in [1.82, 2.24) is 0 Å². The van der Waals surface area contributed by atoms with Gasteiger partial charge in [0.25, 0.3) is 0 Å². The van der Waals surface area contributed by atoms with Crippen molar-refractivity contribution in [2.45, 2.75) is 6.54 Å². The molecule has 0 amide bonds. The Labute approximate surface area is 106 Å². The fraction of sp³-hybridized carbons (Fsp3) is 0.133. The third kappa shape index (κ3) is 2.56. The van der Waals surface area contributed by atoms with Gasteiger partial charge in [0.05, 0.1) is 11.3 Å². The molecule has 3 heteroatoms. The van der Waals surface area contributed by atoms with E-state index in [0.29, 0.717) is 18.5 Å². The number of rotatable bonds is 4. The molecular formula is C15H14FNO. The van der Waals surface area contributed by atoms with Gasteiger partial charge in [0.1, 0.15) is 5.82 Å². The first-order chi connectivity index (χ1) is 8.72. The summed E-state index contributed by atoms with van der Waals surface area (Å²) in [5.74, 6) is -0.484. The maximum atomic E-state index is 13.5. The lowest BCUT2D eigenvalue weighted by Gasteiger charge is -2.21.